The normalized spacial score (nSPS) is 12.7. The average Bonchev–Trinajstić information content (AvgIpc) is 2.35. The Morgan fingerprint density at radius 2 is 1.65 bits per heavy atom. The van der Waals surface area contributed by atoms with E-state index in [-0.39, 0.29) is 0 Å². The zero-order valence-corrected chi connectivity index (χ0v) is 13.2. The molecule has 0 aliphatic rings. The molecule has 0 saturated carbocycles. The number of aliphatic hydroxyl groups is 1. The molecule has 2 aromatic rings. The molecule has 0 spiro atoms. The summed E-state index contributed by atoms with van der Waals surface area (Å²) in [5.74, 6) is 0.701. The highest BCUT2D eigenvalue weighted by Gasteiger charge is 2.20. The molecule has 0 saturated heterocycles. The van der Waals surface area contributed by atoms with E-state index in [1.807, 2.05) is 12.1 Å². The molecule has 3 heteroatoms. The maximum absolute atomic E-state index is 10.1. The van der Waals surface area contributed by atoms with Crippen LogP contribution in [0.4, 0.5) is 0 Å². The van der Waals surface area contributed by atoms with Crippen molar-refractivity contribution in [3.63, 3.8) is 0 Å². The van der Waals surface area contributed by atoms with Gasteiger partial charge in [-0.3, -0.25) is 4.98 Å². The van der Waals surface area contributed by atoms with E-state index in [4.69, 9.17) is 4.98 Å². The van der Waals surface area contributed by atoms with Crippen molar-refractivity contribution in [3.8, 4) is 0 Å². The molecule has 2 rings (SSSR count). The number of aromatic nitrogens is 2. The first-order valence-electron chi connectivity index (χ1n) is 7.24. The van der Waals surface area contributed by atoms with Crippen LogP contribution in [-0.2, 0) is 5.60 Å². The average molecular weight is 272 g/mol. The van der Waals surface area contributed by atoms with Gasteiger partial charge in [-0.15, -0.1) is 0 Å². The van der Waals surface area contributed by atoms with Crippen LogP contribution in [0, 0.1) is 0 Å². The van der Waals surface area contributed by atoms with Crippen LogP contribution in [0.2, 0.25) is 0 Å². The summed E-state index contributed by atoms with van der Waals surface area (Å²) in [6.45, 7) is 12.1. The van der Waals surface area contributed by atoms with E-state index in [1.165, 1.54) is 0 Å². The molecule has 2 aromatic heterocycles. The summed E-state index contributed by atoms with van der Waals surface area (Å²) in [5.41, 5.74) is 2.77. The van der Waals surface area contributed by atoms with Crippen LogP contribution in [0.15, 0.2) is 18.2 Å². The monoisotopic (exact) mass is 272 g/mol. The molecule has 0 fully saturated rings. The summed E-state index contributed by atoms with van der Waals surface area (Å²) in [4.78, 5) is 9.43. The van der Waals surface area contributed by atoms with Gasteiger partial charge in [0.1, 0.15) is 5.60 Å². The van der Waals surface area contributed by atoms with Gasteiger partial charge in [-0.1, -0.05) is 33.8 Å². The number of hydrogen-bond acceptors (Lipinski definition) is 3. The largest absolute Gasteiger partial charge is 0.384 e. The summed E-state index contributed by atoms with van der Waals surface area (Å²) in [5, 5.41) is 11.2. The Kier molecular flexibility index (Phi) is 3.83. The quantitative estimate of drug-likeness (QED) is 0.914. The molecule has 0 unspecified atom stereocenters. The molecule has 0 bridgehead atoms. The summed E-state index contributed by atoms with van der Waals surface area (Å²) < 4.78 is 0. The van der Waals surface area contributed by atoms with Gasteiger partial charge in [-0.25, -0.2) is 4.98 Å². The summed E-state index contributed by atoms with van der Waals surface area (Å²) in [7, 11) is 0. The van der Waals surface area contributed by atoms with Gasteiger partial charge in [0.25, 0.3) is 0 Å². The van der Waals surface area contributed by atoms with Crippen LogP contribution < -0.4 is 0 Å². The van der Waals surface area contributed by atoms with E-state index < -0.39 is 5.60 Å². The van der Waals surface area contributed by atoms with E-state index in [9.17, 15) is 5.11 Å². The van der Waals surface area contributed by atoms with Crippen molar-refractivity contribution in [1.82, 2.24) is 9.97 Å². The number of rotatable bonds is 3. The predicted molar refractivity (Wildman–Crippen MR) is 83.0 cm³/mol. The lowest BCUT2D eigenvalue weighted by atomic mass is 9.99. The van der Waals surface area contributed by atoms with Crippen molar-refractivity contribution in [1.29, 1.82) is 0 Å². The summed E-state index contributed by atoms with van der Waals surface area (Å²) in [6, 6.07) is 6.04. The van der Waals surface area contributed by atoms with Crippen molar-refractivity contribution in [2.24, 2.45) is 0 Å². The molecule has 0 amide bonds. The third-order valence-corrected chi connectivity index (χ3v) is 3.49. The Hall–Kier alpha value is -1.48. The Morgan fingerprint density at radius 3 is 2.15 bits per heavy atom. The zero-order chi connectivity index (χ0) is 15.1. The molecule has 108 valence electrons. The van der Waals surface area contributed by atoms with Gasteiger partial charge in [0.15, 0.2) is 0 Å². The molecule has 0 aliphatic carbocycles. The maximum atomic E-state index is 10.1. The Balaban J connectivity index is 2.74. The van der Waals surface area contributed by atoms with Crippen LogP contribution in [-0.4, -0.2) is 15.1 Å². The molecule has 2 heterocycles. The fourth-order valence-electron chi connectivity index (χ4n) is 2.21. The van der Waals surface area contributed by atoms with Crippen LogP contribution in [0.3, 0.4) is 0 Å². The second-order valence-electron chi connectivity index (χ2n) is 6.57. The van der Waals surface area contributed by atoms with E-state index in [0.717, 1.165) is 22.3 Å². The smallest absolute Gasteiger partial charge is 0.101 e. The van der Waals surface area contributed by atoms with Crippen LogP contribution in [0.1, 0.15) is 70.5 Å². The molecule has 20 heavy (non-hydrogen) atoms. The second-order valence-corrected chi connectivity index (χ2v) is 6.57. The first-order chi connectivity index (χ1) is 9.20. The Bertz CT molecular complexity index is 625. The van der Waals surface area contributed by atoms with Gasteiger partial charge >= 0.3 is 0 Å². The van der Waals surface area contributed by atoms with Crippen molar-refractivity contribution in [2.45, 2.75) is 59.0 Å². The van der Waals surface area contributed by atoms with Gasteiger partial charge in [0, 0.05) is 11.1 Å². The third-order valence-electron chi connectivity index (χ3n) is 3.49. The lowest BCUT2D eigenvalue weighted by molar-refractivity contribution is 0.0742. The number of pyridine rings is 2. The van der Waals surface area contributed by atoms with Gasteiger partial charge in [0.2, 0.25) is 0 Å². The van der Waals surface area contributed by atoms with E-state index in [1.54, 1.807) is 13.8 Å². The first-order valence-corrected chi connectivity index (χ1v) is 7.24. The van der Waals surface area contributed by atoms with Crippen molar-refractivity contribution in [3.05, 3.63) is 35.3 Å². The first kappa shape index (κ1) is 14.9. The Labute approximate surface area is 121 Å². The molecule has 3 nitrogen and oxygen atoms in total. The highest BCUT2D eigenvalue weighted by molar-refractivity contribution is 5.81. The van der Waals surface area contributed by atoms with Gasteiger partial charge in [-0.2, -0.15) is 0 Å². The van der Waals surface area contributed by atoms with E-state index in [2.05, 4.69) is 38.7 Å². The lowest BCUT2D eigenvalue weighted by Gasteiger charge is -2.19. The zero-order valence-electron chi connectivity index (χ0n) is 13.2. The summed E-state index contributed by atoms with van der Waals surface area (Å²) in [6.07, 6.45) is 0. The molecule has 0 aromatic carbocycles. The van der Waals surface area contributed by atoms with Crippen LogP contribution in [0.5, 0.6) is 0 Å². The molecular formula is C17H24N2O. The minimum absolute atomic E-state index is 0.306. The van der Waals surface area contributed by atoms with Crippen LogP contribution in [0.25, 0.3) is 10.9 Å². The molecule has 1 N–H and O–H groups in total. The van der Waals surface area contributed by atoms with Crippen molar-refractivity contribution < 1.29 is 5.11 Å². The number of hydrogen-bond donors (Lipinski definition) is 1. The molecule has 0 radical (unpaired) electrons. The van der Waals surface area contributed by atoms with Gasteiger partial charge in [-0.05, 0) is 37.8 Å². The SMILES string of the molecule is CC(C)c1cc2ccc(C(C)(C)O)nc2c(C(C)C)n1. The minimum atomic E-state index is -0.931. The predicted octanol–water partition coefficient (Wildman–Crippen LogP) is 4.10. The van der Waals surface area contributed by atoms with Crippen LogP contribution >= 0.6 is 0 Å². The lowest BCUT2D eigenvalue weighted by Crippen LogP contribution is -2.17. The van der Waals surface area contributed by atoms with E-state index >= 15 is 0 Å². The summed E-state index contributed by atoms with van der Waals surface area (Å²) >= 11 is 0. The minimum Gasteiger partial charge on any atom is -0.384 e. The van der Waals surface area contributed by atoms with Crippen molar-refractivity contribution >= 4 is 10.9 Å². The topological polar surface area (TPSA) is 46.0 Å². The second kappa shape index (κ2) is 5.13. The fourth-order valence-corrected chi connectivity index (χ4v) is 2.21. The molecular weight excluding hydrogens is 248 g/mol. The fraction of sp³-hybridized carbons (Fsp3) is 0.529. The molecule has 0 aliphatic heterocycles. The van der Waals surface area contributed by atoms with Gasteiger partial charge in [0.05, 0.1) is 16.9 Å². The molecule has 0 atom stereocenters. The number of nitrogens with zero attached hydrogens (tertiary/aromatic N) is 2. The standard InChI is InChI=1S/C17H24N2O/c1-10(2)13-9-12-7-8-14(17(5,6)20)19-16(12)15(18-13)11(3)4/h7-11,20H,1-6H3. The van der Waals surface area contributed by atoms with E-state index in [0.29, 0.717) is 17.5 Å². The highest BCUT2D eigenvalue weighted by atomic mass is 16.3. The third kappa shape index (κ3) is 2.83. The number of fused-ring (bicyclic) bond motifs is 1. The van der Waals surface area contributed by atoms with Crippen molar-refractivity contribution in [2.75, 3.05) is 0 Å². The Morgan fingerprint density at radius 1 is 1.00 bits per heavy atom. The highest BCUT2D eigenvalue weighted by Crippen LogP contribution is 2.28. The van der Waals surface area contributed by atoms with Gasteiger partial charge < -0.3 is 5.11 Å². The maximum Gasteiger partial charge on any atom is 0.101 e.